The highest BCUT2D eigenvalue weighted by Gasteiger charge is 2.44. The zero-order valence-electron chi connectivity index (χ0n) is 13.1. The molecule has 0 bridgehead atoms. The molecule has 0 spiro atoms. The van der Waals surface area contributed by atoms with Crippen molar-refractivity contribution in [2.24, 2.45) is 0 Å². The molecule has 118 valence electrons. The topological polar surface area (TPSA) is 53.3 Å². The van der Waals surface area contributed by atoms with Crippen LogP contribution in [0.25, 0.3) is 6.08 Å². The molecule has 0 aliphatic carbocycles. The monoisotopic (exact) mass is 316 g/mol. The van der Waals surface area contributed by atoms with Crippen LogP contribution >= 0.6 is 0 Å². The fourth-order valence-electron chi connectivity index (χ4n) is 2.86. The van der Waals surface area contributed by atoms with Crippen LogP contribution in [0.5, 0.6) is 5.75 Å². The summed E-state index contributed by atoms with van der Waals surface area (Å²) >= 11 is 0. The molecular formula is C20H16N2O2. The molecule has 24 heavy (non-hydrogen) atoms. The number of ether oxygens (including phenoxy) is 1. The van der Waals surface area contributed by atoms with E-state index >= 15 is 0 Å². The van der Waals surface area contributed by atoms with Gasteiger partial charge in [-0.15, -0.1) is 6.58 Å². The standard InChI is InChI=1S/C20H16N2O2/c1-2-13-20(15-21)18-11-7-6-8-16(18)12-14-22(20)19(23)24-17-9-4-3-5-10-17/h2-12,14H,1,13H2. The molecule has 0 N–H and O–H groups in total. The minimum absolute atomic E-state index is 0.300. The van der Waals surface area contributed by atoms with E-state index < -0.39 is 11.6 Å². The van der Waals surface area contributed by atoms with E-state index in [1.54, 1.807) is 42.6 Å². The summed E-state index contributed by atoms with van der Waals surface area (Å²) in [4.78, 5) is 14.0. The lowest BCUT2D eigenvalue weighted by Crippen LogP contribution is -2.48. The number of nitriles is 1. The average molecular weight is 316 g/mol. The van der Waals surface area contributed by atoms with Crippen molar-refractivity contribution in [2.45, 2.75) is 12.0 Å². The SMILES string of the molecule is C=CCC1(C#N)c2ccccc2C=CN1C(=O)Oc1ccccc1. The van der Waals surface area contributed by atoms with E-state index in [1.165, 1.54) is 4.90 Å². The van der Waals surface area contributed by atoms with Crippen molar-refractivity contribution in [2.75, 3.05) is 0 Å². The molecule has 0 saturated carbocycles. The van der Waals surface area contributed by atoms with Crippen molar-refractivity contribution >= 4 is 12.2 Å². The fourth-order valence-corrected chi connectivity index (χ4v) is 2.86. The number of fused-ring (bicyclic) bond motifs is 1. The number of para-hydroxylation sites is 1. The first-order chi connectivity index (χ1) is 11.7. The van der Waals surface area contributed by atoms with Crippen LogP contribution in [-0.4, -0.2) is 11.0 Å². The molecule has 1 unspecified atom stereocenters. The first-order valence-electron chi connectivity index (χ1n) is 7.57. The lowest BCUT2D eigenvalue weighted by atomic mass is 9.81. The summed E-state index contributed by atoms with van der Waals surface area (Å²) in [5.41, 5.74) is 0.503. The third kappa shape index (κ3) is 2.57. The molecule has 1 aliphatic heterocycles. The highest BCUT2D eigenvalue weighted by Crippen LogP contribution is 2.39. The van der Waals surface area contributed by atoms with Crippen molar-refractivity contribution in [3.63, 3.8) is 0 Å². The third-order valence-corrected chi connectivity index (χ3v) is 3.99. The average Bonchev–Trinajstić information content (AvgIpc) is 2.62. The second-order valence-electron chi connectivity index (χ2n) is 5.42. The Morgan fingerprint density at radius 2 is 1.92 bits per heavy atom. The summed E-state index contributed by atoms with van der Waals surface area (Å²) in [6.45, 7) is 3.74. The van der Waals surface area contributed by atoms with Crippen LogP contribution < -0.4 is 4.74 Å². The summed E-state index contributed by atoms with van der Waals surface area (Å²) in [5, 5.41) is 9.92. The van der Waals surface area contributed by atoms with Crippen molar-refractivity contribution in [3.05, 3.63) is 84.6 Å². The van der Waals surface area contributed by atoms with Gasteiger partial charge < -0.3 is 4.74 Å². The number of amides is 1. The lowest BCUT2D eigenvalue weighted by molar-refractivity contribution is 0.135. The molecule has 2 aromatic carbocycles. The molecule has 4 heteroatoms. The summed E-state index contributed by atoms with van der Waals surface area (Å²) < 4.78 is 5.42. The van der Waals surface area contributed by atoms with Crippen molar-refractivity contribution < 1.29 is 9.53 Å². The van der Waals surface area contributed by atoms with E-state index in [4.69, 9.17) is 4.74 Å². The zero-order chi connectivity index (χ0) is 17.0. The molecule has 1 heterocycles. The molecule has 4 nitrogen and oxygen atoms in total. The normalized spacial score (nSPS) is 18.4. The van der Waals surface area contributed by atoms with Crippen LogP contribution in [0.2, 0.25) is 0 Å². The second kappa shape index (κ2) is 6.43. The fraction of sp³-hybridized carbons (Fsp3) is 0.100. The van der Waals surface area contributed by atoms with E-state index in [1.807, 2.05) is 30.3 Å². The van der Waals surface area contributed by atoms with Gasteiger partial charge in [0.05, 0.1) is 6.07 Å². The number of nitrogens with zero attached hydrogens (tertiary/aromatic N) is 2. The first kappa shape index (κ1) is 15.6. The van der Waals surface area contributed by atoms with E-state index in [-0.39, 0.29) is 0 Å². The van der Waals surface area contributed by atoms with Gasteiger partial charge in [0.15, 0.2) is 5.54 Å². The maximum Gasteiger partial charge on any atom is 0.420 e. The summed E-state index contributed by atoms with van der Waals surface area (Å²) in [7, 11) is 0. The molecule has 1 amide bonds. The quantitative estimate of drug-likeness (QED) is 0.785. The Hall–Kier alpha value is -3.32. The van der Waals surface area contributed by atoms with Crippen LogP contribution in [0.15, 0.2) is 73.5 Å². The van der Waals surface area contributed by atoms with E-state index in [9.17, 15) is 10.1 Å². The van der Waals surface area contributed by atoms with Gasteiger partial charge >= 0.3 is 6.09 Å². The maximum absolute atomic E-state index is 12.7. The Bertz CT molecular complexity index is 836. The first-order valence-corrected chi connectivity index (χ1v) is 7.57. The maximum atomic E-state index is 12.7. The molecular weight excluding hydrogens is 300 g/mol. The third-order valence-electron chi connectivity index (χ3n) is 3.99. The smallest absolute Gasteiger partial charge is 0.410 e. The highest BCUT2D eigenvalue weighted by atomic mass is 16.6. The van der Waals surface area contributed by atoms with Crippen molar-refractivity contribution in [1.29, 1.82) is 5.26 Å². The zero-order valence-corrected chi connectivity index (χ0v) is 13.1. The van der Waals surface area contributed by atoms with Crippen molar-refractivity contribution in [1.82, 2.24) is 4.90 Å². The van der Waals surface area contributed by atoms with Crippen LogP contribution in [0.4, 0.5) is 4.79 Å². The molecule has 1 atom stereocenters. The van der Waals surface area contributed by atoms with E-state index in [0.29, 0.717) is 12.2 Å². The second-order valence-corrected chi connectivity index (χ2v) is 5.42. The Morgan fingerprint density at radius 1 is 1.21 bits per heavy atom. The van der Waals surface area contributed by atoms with Gasteiger partial charge in [-0.3, -0.25) is 4.90 Å². The number of hydrogen-bond donors (Lipinski definition) is 0. The Kier molecular flexibility index (Phi) is 4.17. The Balaban J connectivity index is 2.02. The van der Waals surface area contributed by atoms with Gasteiger partial charge in [-0.1, -0.05) is 48.5 Å². The predicted molar refractivity (Wildman–Crippen MR) is 91.9 cm³/mol. The number of hydrogen-bond acceptors (Lipinski definition) is 3. The Morgan fingerprint density at radius 3 is 2.62 bits per heavy atom. The lowest BCUT2D eigenvalue weighted by Gasteiger charge is -2.38. The van der Waals surface area contributed by atoms with Gasteiger partial charge in [0.1, 0.15) is 5.75 Å². The van der Waals surface area contributed by atoms with Crippen LogP contribution in [0.3, 0.4) is 0 Å². The number of benzene rings is 2. The van der Waals surface area contributed by atoms with Crippen LogP contribution in [-0.2, 0) is 5.54 Å². The number of rotatable bonds is 3. The summed E-state index contributed by atoms with van der Waals surface area (Å²) in [6.07, 6.45) is 4.74. The van der Waals surface area contributed by atoms with E-state index in [0.717, 1.165) is 11.1 Å². The minimum Gasteiger partial charge on any atom is -0.410 e. The van der Waals surface area contributed by atoms with Gasteiger partial charge in [-0.25, -0.2) is 4.79 Å². The molecule has 1 aliphatic rings. The Labute approximate surface area is 140 Å². The molecule has 0 radical (unpaired) electrons. The largest absolute Gasteiger partial charge is 0.420 e. The van der Waals surface area contributed by atoms with Gasteiger partial charge in [-0.2, -0.15) is 5.26 Å². The van der Waals surface area contributed by atoms with E-state index in [2.05, 4.69) is 12.6 Å². The molecule has 0 saturated heterocycles. The molecule has 0 aromatic heterocycles. The summed E-state index contributed by atoms with van der Waals surface area (Å²) in [6, 6.07) is 18.6. The molecule has 2 aromatic rings. The van der Waals surface area contributed by atoms with Gasteiger partial charge in [0.25, 0.3) is 0 Å². The van der Waals surface area contributed by atoms with Gasteiger partial charge in [0, 0.05) is 18.2 Å². The number of carbonyl (C=O) groups excluding carboxylic acids is 1. The van der Waals surface area contributed by atoms with Crippen LogP contribution in [0, 0.1) is 11.3 Å². The predicted octanol–water partition coefficient (Wildman–Crippen LogP) is 4.47. The minimum atomic E-state index is -1.17. The molecule has 0 fully saturated rings. The summed E-state index contributed by atoms with van der Waals surface area (Å²) in [5.74, 6) is 0.431. The molecule has 3 rings (SSSR count). The van der Waals surface area contributed by atoms with Crippen molar-refractivity contribution in [3.8, 4) is 11.8 Å². The number of carbonyl (C=O) groups is 1. The van der Waals surface area contributed by atoms with Crippen LogP contribution in [0.1, 0.15) is 17.5 Å². The highest BCUT2D eigenvalue weighted by molar-refractivity contribution is 5.78. The van der Waals surface area contributed by atoms with Gasteiger partial charge in [-0.05, 0) is 23.8 Å². The van der Waals surface area contributed by atoms with Gasteiger partial charge in [0.2, 0.25) is 0 Å².